The van der Waals surface area contributed by atoms with Crippen molar-refractivity contribution in [3.05, 3.63) is 35.4 Å². The van der Waals surface area contributed by atoms with Crippen molar-refractivity contribution < 1.29 is 18.4 Å². The lowest BCUT2D eigenvalue weighted by molar-refractivity contribution is -0.123. The summed E-state index contributed by atoms with van der Waals surface area (Å²) in [5.41, 5.74) is 0.0982. The maximum atomic E-state index is 13.9. The Morgan fingerprint density at radius 2 is 2.12 bits per heavy atom. The minimum absolute atomic E-state index is 0. The van der Waals surface area contributed by atoms with Crippen LogP contribution in [0.5, 0.6) is 0 Å². The molecule has 0 aliphatic carbocycles. The van der Waals surface area contributed by atoms with Gasteiger partial charge in [-0.2, -0.15) is 0 Å². The maximum absolute atomic E-state index is 13.9. The van der Waals surface area contributed by atoms with E-state index in [1.165, 1.54) is 13.0 Å². The topological polar surface area (TPSA) is 70.2 Å². The van der Waals surface area contributed by atoms with Crippen LogP contribution in [0.25, 0.3) is 0 Å². The number of halogens is 3. The first-order valence-electron chi connectivity index (χ1n) is 8.15. The predicted molar refractivity (Wildman–Crippen MR) is 93.4 cm³/mol. The number of rotatable bonds is 6. The van der Waals surface area contributed by atoms with Crippen LogP contribution in [-0.4, -0.2) is 31.4 Å². The number of carbonyl (C=O) groups excluding carboxylic acids is 2. The second-order valence-corrected chi connectivity index (χ2v) is 6.14. The first-order valence-corrected chi connectivity index (χ1v) is 8.15. The molecule has 2 rings (SSSR count). The van der Waals surface area contributed by atoms with Crippen molar-refractivity contribution >= 4 is 24.2 Å². The summed E-state index contributed by atoms with van der Waals surface area (Å²) in [7, 11) is 0. The van der Waals surface area contributed by atoms with Crippen LogP contribution in [0, 0.1) is 17.6 Å². The van der Waals surface area contributed by atoms with E-state index in [-0.39, 0.29) is 36.2 Å². The van der Waals surface area contributed by atoms with Crippen molar-refractivity contribution in [1.29, 1.82) is 0 Å². The van der Waals surface area contributed by atoms with Crippen molar-refractivity contribution in [1.82, 2.24) is 16.0 Å². The van der Waals surface area contributed by atoms with Crippen LogP contribution < -0.4 is 16.0 Å². The van der Waals surface area contributed by atoms with E-state index in [0.717, 1.165) is 38.1 Å². The summed E-state index contributed by atoms with van der Waals surface area (Å²) in [5, 5.41) is 8.65. The number of benzene rings is 1. The van der Waals surface area contributed by atoms with E-state index in [1.807, 2.05) is 0 Å². The molecule has 0 aromatic heterocycles. The van der Waals surface area contributed by atoms with Gasteiger partial charge in [-0.1, -0.05) is 6.07 Å². The highest BCUT2D eigenvalue weighted by Gasteiger charge is 2.21. The van der Waals surface area contributed by atoms with Gasteiger partial charge in [0.2, 0.25) is 11.8 Å². The third-order valence-electron chi connectivity index (χ3n) is 4.09. The van der Waals surface area contributed by atoms with E-state index < -0.39 is 17.7 Å². The van der Waals surface area contributed by atoms with Crippen LogP contribution in [0.15, 0.2) is 18.2 Å². The van der Waals surface area contributed by atoms with E-state index in [2.05, 4.69) is 16.0 Å². The van der Waals surface area contributed by atoms with Gasteiger partial charge in [-0.3, -0.25) is 9.59 Å². The molecule has 1 aliphatic rings. The Labute approximate surface area is 152 Å². The Hall–Kier alpha value is -1.73. The lowest BCUT2D eigenvalue weighted by Gasteiger charge is -2.24. The fourth-order valence-electron chi connectivity index (χ4n) is 2.88. The third kappa shape index (κ3) is 6.96. The molecule has 1 saturated heterocycles. The molecule has 8 heteroatoms. The van der Waals surface area contributed by atoms with E-state index in [4.69, 9.17) is 0 Å². The summed E-state index contributed by atoms with van der Waals surface area (Å²) in [6.45, 7) is 3.70. The van der Waals surface area contributed by atoms with E-state index in [1.54, 1.807) is 0 Å². The summed E-state index contributed by atoms with van der Waals surface area (Å²) in [4.78, 5) is 23.5. The van der Waals surface area contributed by atoms with E-state index in [0.29, 0.717) is 12.5 Å². The zero-order valence-corrected chi connectivity index (χ0v) is 14.9. The maximum Gasteiger partial charge on any atom is 0.222 e. The number of amides is 2. The van der Waals surface area contributed by atoms with Gasteiger partial charge >= 0.3 is 0 Å². The Balaban J connectivity index is 0.00000312. The average molecular weight is 376 g/mol. The highest BCUT2D eigenvalue weighted by Crippen LogP contribution is 2.21. The van der Waals surface area contributed by atoms with Gasteiger partial charge < -0.3 is 16.0 Å². The van der Waals surface area contributed by atoms with Crippen LogP contribution in [-0.2, 0) is 9.59 Å². The summed E-state index contributed by atoms with van der Waals surface area (Å²) in [6, 6.07) is 2.28. The summed E-state index contributed by atoms with van der Waals surface area (Å²) >= 11 is 0. The zero-order chi connectivity index (χ0) is 17.5. The lowest BCUT2D eigenvalue weighted by Crippen LogP contribution is -2.39. The van der Waals surface area contributed by atoms with Crippen LogP contribution >= 0.6 is 12.4 Å². The summed E-state index contributed by atoms with van der Waals surface area (Å²) in [6.07, 6.45) is 2.03. The van der Waals surface area contributed by atoms with Crippen molar-refractivity contribution in [2.45, 2.75) is 32.2 Å². The van der Waals surface area contributed by atoms with Gasteiger partial charge in [0, 0.05) is 25.1 Å². The molecule has 2 unspecified atom stereocenters. The summed E-state index contributed by atoms with van der Waals surface area (Å²) in [5.74, 6) is -1.76. The van der Waals surface area contributed by atoms with Gasteiger partial charge in [0.15, 0.2) is 0 Å². The summed E-state index contributed by atoms with van der Waals surface area (Å²) < 4.78 is 27.0. The number of hydrogen-bond acceptors (Lipinski definition) is 3. The van der Waals surface area contributed by atoms with Gasteiger partial charge in [-0.25, -0.2) is 8.78 Å². The van der Waals surface area contributed by atoms with E-state index >= 15 is 0 Å². The van der Waals surface area contributed by atoms with E-state index in [9.17, 15) is 18.4 Å². The standard InChI is InChI=1S/C17H23F2N3O2.ClH/c1-11(23)22-16(14-5-4-13(18)7-15(14)19)8-17(24)21-10-12-3-2-6-20-9-12;/h4-5,7,12,16,20H,2-3,6,8-10H2,1H3,(H,21,24)(H,22,23);1H. The normalized spacial score (nSPS) is 18.0. The molecule has 2 atom stereocenters. The molecule has 1 aromatic rings. The largest absolute Gasteiger partial charge is 0.356 e. The number of piperidine rings is 1. The van der Waals surface area contributed by atoms with Crippen molar-refractivity contribution in [3.63, 3.8) is 0 Å². The highest BCUT2D eigenvalue weighted by molar-refractivity contribution is 5.85. The molecule has 5 nitrogen and oxygen atoms in total. The Bertz CT molecular complexity index is 595. The second kappa shape index (κ2) is 10.3. The average Bonchev–Trinajstić information content (AvgIpc) is 2.53. The fourth-order valence-corrected chi connectivity index (χ4v) is 2.88. The molecule has 1 fully saturated rings. The smallest absolute Gasteiger partial charge is 0.222 e. The molecule has 0 spiro atoms. The second-order valence-electron chi connectivity index (χ2n) is 6.14. The first kappa shape index (κ1) is 21.3. The van der Waals surface area contributed by atoms with Crippen LogP contribution in [0.3, 0.4) is 0 Å². The number of carbonyl (C=O) groups is 2. The van der Waals surface area contributed by atoms with Crippen molar-refractivity contribution in [3.8, 4) is 0 Å². The molecule has 0 saturated carbocycles. The number of nitrogens with one attached hydrogen (secondary N) is 3. The van der Waals surface area contributed by atoms with Gasteiger partial charge in [-0.15, -0.1) is 12.4 Å². The third-order valence-corrected chi connectivity index (χ3v) is 4.09. The Morgan fingerprint density at radius 3 is 2.72 bits per heavy atom. The SMILES string of the molecule is CC(=O)NC(CC(=O)NCC1CCCNC1)c1ccc(F)cc1F.Cl. The molecule has 25 heavy (non-hydrogen) atoms. The van der Waals surface area contributed by atoms with Crippen molar-refractivity contribution in [2.75, 3.05) is 19.6 Å². The molecule has 140 valence electrons. The van der Waals surface area contributed by atoms with Crippen LogP contribution in [0.4, 0.5) is 8.78 Å². The molecule has 1 heterocycles. The quantitative estimate of drug-likeness (QED) is 0.713. The Morgan fingerprint density at radius 1 is 1.36 bits per heavy atom. The molecule has 1 aliphatic heterocycles. The molecule has 0 bridgehead atoms. The van der Waals surface area contributed by atoms with Gasteiger partial charge in [0.05, 0.1) is 12.5 Å². The van der Waals surface area contributed by atoms with Crippen molar-refractivity contribution in [2.24, 2.45) is 5.92 Å². The predicted octanol–water partition coefficient (Wildman–Crippen LogP) is 2.07. The molecule has 0 radical (unpaired) electrons. The van der Waals surface area contributed by atoms with Gasteiger partial charge in [0.1, 0.15) is 11.6 Å². The molecular weight excluding hydrogens is 352 g/mol. The monoisotopic (exact) mass is 375 g/mol. The Kier molecular flexibility index (Phi) is 8.78. The zero-order valence-electron chi connectivity index (χ0n) is 14.1. The number of hydrogen-bond donors (Lipinski definition) is 3. The minimum atomic E-state index is -0.826. The van der Waals surface area contributed by atoms with Gasteiger partial charge in [0.25, 0.3) is 0 Å². The lowest BCUT2D eigenvalue weighted by atomic mass is 9.99. The molecular formula is C17H24ClF2N3O2. The first-order chi connectivity index (χ1) is 11.5. The van der Waals surface area contributed by atoms with Crippen LogP contribution in [0.1, 0.15) is 37.8 Å². The van der Waals surface area contributed by atoms with Gasteiger partial charge in [-0.05, 0) is 37.9 Å². The molecule has 3 N–H and O–H groups in total. The fraction of sp³-hybridized carbons (Fsp3) is 0.529. The van der Waals surface area contributed by atoms with Crippen LogP contribution in [0.2, 0.25) is 0 Å². The minimum Gasteiger partial charge on any atom is -0.356 e. The molecule has 2 amide bonds. The highest BCUT2D eigenvalue weighted by atomic mass is 35.5. The molecule has 1 aromatic carbocycles.